The predicted octanol–water partition coefficient (Wildman–Crippen LogP) is 1.78. The van der Waals surface area contributed by atoms with E-state index in [1.807, 2.05) is 0 Å². The number of piperidine rings is 2. The van der Waals surface area contributed by atoms with E-state index in [1.54, 1.807) is 0 Å². The lowest BCUT2D eigenvalue weighted by atomic mass is 9.91. The van der Waals surface area contributed by atoms with Crippen LogP contribution in [-0.2, 0) is 0 Å². The van der Waals surface area contributed by atoms with Gasteiger partial charge in [0.1, 0.15) is 0 Å². The topological polar surface area (TPSA) is 9.72 Å². The molecule has 2 bridgehead atoms. The van der Waals surface area contributed by atoms with Gasteiger partial charge in [0.25, 0.3) is 0 Å². The summed E-state index contributed by atoms with van der Waals surface area (Å²) in [7, 11) is 2.26. The molecule has 3 heteroatoms. The van der Waals surface area contributed by atoms with Crippen LogP contribution in [0.1, 0.15) is 44.9 Å². The van der Waals surface area contributed by atoms with Crippen molar-refractivity contribution in [2.75, 3.05) is 33.2 Å². The summed E-state index contributed by atoms with van der Waals surface area (Å²) < 4.78 is 0. The standard InChI is InChI=1S/C16H29N3/c1-17-11-16(12-17)19-13-5-6-14(19)10-15(9-13)18-7-3-2-4-8-18/h13-16H,2-12H2,1H3. The highest BCUT2D eigenvalue weighted by Crippen LogP contribution is 2.40. The molecular weight excluding hydrogens is 234 g/mol. The molecule has 2 atom stereocenters. The normalized spacial score (nSPS) is 42.5. The molecule has 0 N–H and O–H groups in total. The van der Waals surface area contributed by atoms with E-state index in [0.29, 0.717) is 0 Å². The minimum atomic E-state index is 0.893. The van der Waals surface area contributed by atoms with Gasteiger partial charge in [-0.1, -0.05) is 6.42 Å². The third kappa shape index (κ3) is 2.24. The van der Waals surface area contributed by atoms with E-state index in [9.17, 15) is 0 Å². The van der Waals surface area contributed by atoms with Crippen LogP contribution in [0.2, 0.25) is 0 Å². The molecule has 4 rings (SSSR count). The average Bonchev–Trinajstić information content (AvgIpc) is 2.66. The Hall–Kier alpha value is -0.120. The van der Waals surface area contributed by atoms with Crippen molar-refractivity contribution in [2.24, 2.45) is 0 Å². The largest absolute Gasteiger partial charge is 0.303 e. The maximum atomic E-state index is 2.93. The summed E-state index contributed by atoms with van der Waals surface area (Å²) in [6, 6.07) is 3.66. The fourth-order valence-corrected chi connectivity index (χ4v) is 5.22. The minimum Gasteiger partial charge on any atom is -0.303 e. The number of likely N-dealkylation sites (N-methyl/N-ethyl adjacent to an activating group) is 1. The predicted molar refractivity (Wildman–Crippen MR) is 78.4 cm³/mol. The van der Waals surface area contributed by atoms with Crippen molar-refractivity contribution in [3.8, 4) is 0 Å². The van der Waals surface area contributed by atoms with Gasteiger partial charge in [-0.25, -0.2) is 0 Å². The van der Waals surface area contributed by atoms with Crippen molar-refractivity contribution in [1.82, 2.24) is 14.7 Å². The second-order valence-corrected chi connectivity index (χ2v) is 7.43. The van der Waals surface area contributed by atoms with Crippen molar-refractivity contribution < 1.29 is 0 Å². The van der Waals surface area contributed by atoms with Gasteiger partial charge < -0.3 is 9.80 Å². The molecule has 0 aromatic heterocycles. The Morgan fingerprint density at radius 2 is 1.37 bits per heavy atom. The summed E-state index contributed by atoms with van der Waals surface area (Å²) in [6.07, 6.45) is 10.3. The minimum absolute atomic E-state index is 0.893. The van der Waals surface area contributed by atoms with E-state index in [1.165, 1.54) is 71.1 Å². The zero-order valence-electron chi connectivity index (χ0n) is 12.4. The molecule has 4 saturated heterocycles. The molecule has 0 saturated carbocycles. The van der Waals surface area contributed by atoms with Gasteiger partial charge in [0.05, 0.1) is 0 Å². The first-order valence-corrected chi connectivity index (χ1v) is 8.51. The number of hydrogen-bond acceptors (Lipinski definition) is 3. The molecule has 0 aliphatic carbocycles. The van der Waals surface area contributed by atoms with Crippen molar-refractivity contribution in [3.05, 3.63) is 0 Å². The van der Waals surface area contributed by atoms with E-state index < -0.39 is 0 Å². The second kappa shape index (κ2) is 5.01. The Kier molecular flexibility index (Phi) is 3.33. The van der Waals surface area contributed by atoms with Crippen LogP contribution in [0, 0.1) is 0 Å². The lowest BCUT2D eigenvalue weighted by Crippen LogP contribution is -2.64. The Morgan fingerprint density at radius 3 is 1.95 bits per heavy atom. The average molecular weight is 263 g/mol. The SMILES string of the molecule is CN1CC(N2C3CCC2CC(N2CCCCC2)C3)C1. The number of fused-ring (bicyclic) bond motifs is 2. The molecule has 108 valence electrons. The van der Waals surface area contributed by atoms with Gasteiger partial charge in [-0.3, -0.25) is 4.90 Å². The van der Waals surface area contributed by atoms with Crippen LogP contribution in [0.3, 0.4) is 0 Å². The molecule has 4 heterocycles. The quantitative estimate of drug-likeness (QED) is 0.752. The molecule has 0 spiro atoms. The number of nitrogens with zero attached hydrogens (tertiary/aromatic N) is 3. The third-order valence-corrected chi connectivity index (χ3v) is 6.14. The van der Waals surface area contributed by atoms with Gasteiger partial charge in [-0.15, -0.1) is 0 Å². The van der Waals surface area contributed by atoms with Crippen molar-refractivity contribution in [2.45, 2.75) is 69.1 Å². The molecule has 0 aromatic carbocycles. The molecule has 0 aromatic rings. The van der Waals surface area contributed by atoms with Crippen LogP contribution in [0.4, 0.5) is 0 Å². The smallest absolute Gasteiger partial charge is 0.0356 e. The van der Waals surface area contributed by atoms with Gasteiger partial charge >= 0.3 is 0 Å². The summed E-state index contributed by atoms with van der Waals surface area (Å²) in [5, 5.41) is 0. The van der Waals surface area contributed by atoms with Crippen LogP contribution < -0.4 is 0 Å². The Bertz CT molecular complexity index is 306. The van der Waals surface area contributed by atoms with Crippen molar-refractivity contribution in [1.29, 1.82) is 0 Å². The van der Waals surface area contributed by atoms with Gasteiger partial charge in [0.15, 0.2) is 0 Å². The maximum Gasteiger partial charge on any atom is 0.0356 e. The van der Waals surface area contributed by atoms with Gasteiger partial charge in [0, 0.05) is 37.3 Å². The highest BCUT2D eigenvalue weighted by Gasteiger charge is 2.47. The fraction of sp³-hybridized carbons (Fsp3) is 1.00. The number of hydrogen-bond donors (Lipinski definition) is 0. The molecule has 3 nitrogen and oxygen atoms in total. The van der Waals surface area contributed by atoms with Crippen LogP contribution in [0.25, 0.3) is 0 Å². The molecule has 0 amide bonds. The first kappa shape index (κ1) is 12.6. The first-order valence-electron chi connectivity index (χ1n) is 8.51. The Labute approximate surface area is 117 Å². The summed E-state index contributed by atoms with van der Waals surface area (Å²) in [4.78, 5) is 8.24. The molecular formula is C16H29N3. The lowest BCUT2D eigenvalue weighted by molar-refractivity contribution is -0.0271. The summed E-state index contributed by atoms with van der Waals surface area (Å²) >= 11 is 0. The van der Waals surface area contributed by atoms with E-state index in [-0.39, 0.29) is 0 Å². The fourth-order valence-electron chi connectivity index (χ4n) is 5.22. The van der Waals surface area contributed by atoms with E-state index >= 15 is 0 Å². The van der Waals surface area contributed by atoms with Gasteiger partial charge in [-0.05, 0) is 58.7 Å². The maximum absolute atomic E-state index is 2.93. The molecule has 19 heavy (non-hydrogen) atoms. The third-order valence-electron chi connectivity index (χ3n) is 6.14. The Balaban J connectivity index is 1.40. The Morgan fingerprint density at radius 1 is 0.737 bits per heavy atom. The van der Waals surface area contributed by atoms with Gasteiger partial charge in [-0.2, -0.15) is 0 Å². The zero-order chi connectivity index (χ0) is 12.8. The molecule has 4 aliphatic rings. The van der Waals surface area contributed by atoms with Gasteiger partial charge in [0.2, 0.25) is 0 Å². The van der Waals surface area contributed by atoms with E-state index in [0.717, 1.165) is 24.2 Å². The summed E-state index contributed by atoms with van der Waals surface area (Å²) in [6.45, 7) is 5.41. The van der Waals surface area contributed by atoms with Crippen LogP contribution >= 0.6 is 0 Å². The summed E-state index contributed by atoms with van der Waals surface area (Å²) in [5.41, 5.74) is 0. The van der Waals surface area contributed by atoms with Crippen LogP contribution in [-0.4, -0.2) is 72.1 Å². The molecule has 2 unspecified atom stereocenters. The highest BCUT2D eigenvalue weighted by atomic mass is 15.4. The van der Waals surface area contributed by atoms with Crippen LogP contribution in [0.15, 0.2) is 0 Å². The van der Waals surface area contributed by atoms with Crippen LogP contribution in [0.5, 0.6) is 0 Å². The molecule has 4 fully saturated rings. The van der Waals surface area contributed by atoms with E-state index in [4.69, 9.17) is 0 Å². The zero-order valence-corrected chi connectivity index (χ0v) is 12.4. The highest BCUT2D eigenvalue weighted by molar-refractivity contribution is 5.03. The number of likely N-dealkylation sites (tertiary alicyclic amines) is 2. The summed E-state index contributed by atoms with van der Waals surface area (Å²) in [5.74, 6) is 0. The first-order chi connectivity index (χ1) is 9.31. The molecule has 4 aliphatic heterocycles. The van der Waals surface area contributed by atoms with E-state index in [2.05, 4.69) is 21.7 Å². The van der Waals surface area contributed by atoms with Crippen molar-refractivity contribution >= 4 is 0 Å². The molecule has 0 radical (unpaired) electrons. The second-order valence-electron chi connectivity index (χ2n) is 7.43. The van der Waals surface area contributed by atoms with Crippen molar-refractivity contribution in [3.63, 3.8) is 0 Å². The monoisotopic (exact) mass is 263 g/mol. The number of rotatable bonds is 2. The lowest BCUT2D eigenvalue weighted by Gasteiger charge is -2.52.